The lowest BCUT2D eigenvalue weighted by atomic mass is 10.1. The van der Waals surface area contributed by atoms with Crippen molar-refractivity contribution >= 4 is 31.9 Å². The summed E-state index contributed by atoms with van der Waals surface area (Å²) in [6.45, 7) is 0. The topological polar surface area (TPSA) is 38.9 Å². The van der Waals surface area contributed by atoms with Gasteiger partial charge in [0.15, 0.2) is 0 Å². The second-order valence-electron chi connectivity index (χ2n) is 3.06. The maximum atomic E-state index is 12.5. The number of hydrogen-bond donors (Lipinski definition) is 0. The number of hydrogen-bond acceptors (Lipinski definition) is 3. The predicted molar refractivity (Wildman–Crippen MR) is 60.1 cm³/mol. The van der Waals surface area contributed by atoms with Gasteiger partial charge >= 0.3 is 6.18 Å². The lowest BCUT2D eigenvalue weighted by Crippen LogP contribution is -2.04. The molecule has 0 spiro atoms. The third-order valence-corrected chi connectivity index (χ3v) is 2.94. The molecule has 1 aromatic carbocycles. The van der Waals surface area contributed by atoms with E-state index in [1.165, 1.54) is 6.07 Å². The highest BCUT2D eigenvalue weighted by Gasteiger charge is 2.31. The van der Waals surface area contributed by atoms with Crippen molar-refractivity contribution in [2.24, 2.45) is 0 Å². The molecule has 0 amide bonds. The van der Waals surface area contributed by atoms with Gasteiger partial charge < -0.3 is 4.52 Å². The molecule has 1 aromatic heterocycles. The average molecular weight is 372 g/mol. The van der Waals surface area contributed by atoms with Crippen LogP contribution < -0.4 is 0 Å². The van der Waals surface area contributed by atoms with Crippen LogP contribution in [0.2, 0.25) is 0 Å². The quantitative estimate of drug-likeness (QED) is 0.751. The summed E-state index contributed by atoms with van der Waals surface area (Å²) < 4.78 is 43.0. The summed E-state index contributed by atoms with van der Waals surface area (Å²) in [5, 5.41) is 3.45. The molecule has 3 nitrogen and oxygen atoms in total. The van der Waals surface area contributed by atoms with Gasteiger partial charge in [0, 0.05) is 4.47 Å². The standard InChI is InChI=1S/C9H3Br2F3N2O/c10-6-2-1-4(9(12,13)14)3-5(6)7-15-8(11)16-17-7/h1-3H. The second-order valence-corrected chi connectivity index (χ2v) is 4.62. The molecule has 0 aliphatic carbocycles. The van der Waals surface area contributed by atoms with E-state index in [0.29, 0.717) is 4.47 Å². The molecule has 0 aliphatic heterocycles. The summed E-state index contributed by atoms with van der Waals surface area (Å²) in [7, 11) is 0. The maximum Gasteiger partial charge on any atom is 0.416 e. The maximum absolute atomic E-state index is 12.5. The van der Waals surface area contributed by atoms with Gasteiger partial charge in [-0.05, 0) is 55.2 Å². The van der Waals surface area contributed by atoms with E-state index < -0.39 is 11.7 Å². The summed E-state index contributed by atoms with van der Waals surface area (Å²) in [6, 6.07) is 3.21. The zero-order valence-electron chi connectivity index (χ0n) is 7.92. The molecule has 0 aliphatic rings. The molecule has 17 heavy (non-hydrogen) atoms. The Morgan fingerprint density at radius 3 is 2.41 bits per heavy atom. The van der Waals surface area contributed by atoms with Crippen molar-refractivity contribution < 1.29 is 17.7 Å². The van der Waals surface area contributed by atoms with Gasteiger partial charge in [-0.2, -0.15) is 18.2 Å². The Kier molecular flexibility index (Phi) is 3.26. The summed E-state index contributed by atoms with van der Waals surface area (Å²) in [5.74, 6) is 0.00912. The van der Waals surface area contributed by atoms with Crippen LogP contribution in [0, 0.1) is 0 Å². The first-order chi connectivity index (χ1) is 7.88. The van der Waals surface area contributed by atoms with Gasteiger partial charge in [0.05, 0.1) is 11.1 Å². The SMILES string of the molecule is FC(F)(F)c1ccc(Br)c(-c2nc(Br)no2)c1. The number of rotatable bonds is 1. The minimum absolute atomic E-state index is 0.00912. The molecular formula is C9H3Br2F3N2O. The monoisotopic (exact) mass is 370 g/mol. The first-order valence-electron chi connectivity index (χ1n) is 4.24. The van der Waals surface area contributed by atoms with Crippen LogP contribution in [0.1, 0.15) is 5.56 Å². The second kappa shape index (κ2) is 4.41. The molecule has 0 atom stereocenters. The highest BCUT2D eigenvalue weighted by Crippen LogP contribution is 2.35. The number of aromatic nitrogens is 2. The fourth-order valence-electron chi connectivity index (χ4n) is 1.18. The fraction of sp³-hybridized carbons (Fsp3) is 0.111. The lowest BCUT2D eigenvalue weighted by Gasteiger charge is -2.08. The Hall–Kier alpha value is -0.890. The summed E-state index contributed by atoms with van der Waals surface area (Å²) >= 11 is 6.09. The van der Waals surface area contributed by atoms with Crippen molar-refractivity contribution in [3.05, 3.63) is 33.0 Å². The third kappa shape index (κ3) is 2.68. The van der Waals surface area contributed by atoms with E-state index >= 15 is 0 Å². The zero-order chi connectivity index (χ0) is 12.6. The van der Waals surface area contributed by atoms with Crippen LogP contribution in [0.25, 0.3) is 11.5 Å². The normalized spacial score (nSPS) is 11.8. The van der Waals surface area contributed by atoms with Crippen LogP contribution in [0.5, 0.6) is 0 Å². The van der Waals surface area contributed by atoms with Crippen molar-refractivity contribution in [3.63, 3.8) is 0 Å². The van der Waals surface area contributed by atoms with Gasteiger partial charge in [-0.3, -0.25) is 0 Å². The van der Waals surface area contributed by atoms with E-state index in [2.05, 4.69) is 42.0 Å². The predicted octanol–water partition coefficient (Wildman–Crippen LogP) is 4.28. The van der Waals surface area contributed by atoms with Crippen molar-refractivity contribution in [2.75, 3.05) is 0 Å². The molecule has 2 aromatic rings. The molecule has 90 valence electrons. The van der Waals surface area contributed by atoms with E-state index in [4.69, 9.17) is 4.52 Å². The molecule has 0 N–H and O–H groups in total. The van der Waals surface area contributed by atoms with Crippen LogP contribution in [-0.4, -0.2) is 10.1 Å². The first-order valence-corrected chi connectivity index (χ1v) is 5.83. The van der Waals surface area contributed by atoms with Crippen molar-refractivity contribution in [1.82, 2.24) is 10.1 Å². The molecule has 0 saturated heterocycles. The van der Waals surface area contributed by atoms with Gasteiger partial charge in [0.1, 0.15) is 0 Å². The number of alkyl halides is 3. The summed E-state index contributed by atoms with van der Waals surface area (Å²) in [6.07, 6.45) is -4.41. The minimum Gasteiger partial charge on any atom is -0.333 e. The Morgan fingerprint density at radius 2 is 1.88 bits per heavy atom. The molecule has 1 heterocycles. The van der Waals surface area contributed by atoms with E-state index in [9.17, 15) is 13.2 Å². The largest absolute Gasteiger partial charge is 0.416 e. The average Bonchev–Trinajstić information content (AvgIpc) is 2.63. The van der Waals surface area contributed by atoms with Gasteiger partial charge in [0.25, 0.3) is 5.89 Å². The van der Waals surface area contributed by atoms with E-state index in [-0.39, 0.29) is 16.2 Å². The van der Waals surface area contributed by atoms with Gasteiger partial charge in [-0.25, -0.2) is 0 Å². The summed E-state index contributed by atoms with van der Waals surface area (Å²) in [5.41, 5.74) is -0.581. The van der Waals surface area contributed by atoms with Crippen molar-refractivity contribution in [3.8, 4) is 11.5 Å². The van der Waals surface area contributed by atoms with Gasteiger partial charge in [0.2, 0.25) is 4.73 Å². The first kappa shape index (κ1) is 12.6. The Labute approximate surface area is 110 Å². The van der Waals surface area contributed by atoms with E-state index in [1.807, 2.05) is 0 Å². The third-order valence-electron chi connectivity index (χ3n) is 1.93. The van der Waals surface area contributed by atoms with Gasteiger partial charge in [-0.15, -0.1) is 0 Å². The molecule has 0 radical (unpaired) electrons. The van der Waals surface area contributed by atoms with Crippen LogP contribution in [0.4, 0.5) is 13.2 Å². The van der Waals surface area contributed by atoms with Gasteiger partial charge in [-0.1, -0.05) is 0 Å². The lowest BCUT2D eigenvalue weighted by molar-refractivity contribution is -0.137. The number of benzene rings is 1. The van der Waals surface area contributed by atoms with Crippen molar-refractivity contribution in [2.45, 2.75) is 6.18 Å². The molecule has 0 unspecified atom stereocenters. The van der Waals surface area contributed by atoms with Crippen LogP contribution in [0.15, 0.2) is 31.9 Å². The van der Waals surface area contributed by atoms with Crippen LogP contribution in [0.3, 0.4) is 0 Å². The van der Waals surface area contributed by atoms with Crippen molar-refractivity contribution in [1.29, 1.82) is 0 Å². The highest BCUT2D eigenvalue weighted by atomic mass is 79.9. The van der Waals surface area contributed by atoms with Crippen LogP contribution >= 0.6 is 31.9 Å². The molecular weight excluding hydrogens is 369 g/mol. The van der Waals surface area contributed by atoms with Crippen LogP contribution in [-0.2, 0) is 6.18 Å². The molecule has 0 bridgehead atoms. The Morgan fingerprint density at radius 1 is 1.18 bits per heavy atom. The van der Waals surface area contributed by atoms with E-state index in [0.717, 1.165) is 12.1 Å². The smallest absolute Gasteiger partial charge is 0.333 e. The Bertz CT molecular complexity index is 553. The fourth-order valence-corrected chi connectivity index (χ4v) is 1.83. The van der Waals surface area contributed by atoms with E-state index in [1.54, 1.807) is 0 Å². The Balaban J connectivity index is 2.54. The molecule has 0 fully saturated rings. The summed E-state index contributed by atoms with van der Waals surface area (Å²) in [4.78, 5) is 3.81. The highest BCUT2D eigenvalue weighted by molar-refractivity contribution is 9.10. The molecule has 2 rings (SSSR count). The number of halogens is 5. The molecule has 0 saturated carbocycles. The minimum atomic E-state index is -4.41. The zero-order valence-corrected chi connectivity index (χ0v) is 11.1. The number of nitrogens with zero attached hydrogens (tertiary/aromatic N) is 2. The molecule has 8 heteroatoms.